The molecule has 1 aliphatic rings. The molecule has 1 fully saturated rings. The lowest BCUT2D eigenvalue weighted by Gasteiger charge is -2.33. The normalized spacial score (nSPS) is 17.6. The van der Waals surface area contributed by atoms with E-state index < -0.39 is 0 Å². The zero-order valence-electron chi connectivity index (χ0n) is 17.5. The number of carbonyl (C=O) groups excluding carboxylic acids is 2. The SMILES string of the molecule is Cc1cc(C(=O)N2CCCCC2C)ccc1NC(=O)C(C)CSc1ccccc1. The lowest BCUT2D eigenvalue weighted by molar-refractivity contribution is -0.118. The van der Waals surface area contributed by atoms with Gasteiger partial charge in [-0.2, -0.15) is 0 Å². The van der Waals surface area contributed by atoms with Crippen LogP contribution in [0.25, 0.3) is 0 Å². The van der Waals surface area contributed by atoms with E-state index in [0.29, 0.717) is 11.6 Å². The van der Waals surface area contributed by atoms with Gasteiger partial charge in [0.2, 0.25) is 5.91 Å². The molecule has 3 rings (SSSR count). The maximum absolute atomic E-state index is 12.9. The number of amides is 2. The van der Waals surface area contributed by atoms with Crippen LogP contribution in [0.4, 0.5) is 5.69 Å². The molecule has 2 amide bonds. The van der Waals surface area contributed by atoms with Gasteiger partial charge in [-0.15, -0.1) is 11.8 Å². The molecule has 1 aliphatic heterocycles. The Hall–Kier alpha value is -2.27. The minimum atomic E-state index is -0.116. The monoisotopic (exact) mass is 410 g/mol. The fraction of sp³-hybridized carbons (Fsp3) is 0.417. The molecule has 0 saturated carbocycles. The summed E-state index contributed by atoms with van der Waals surface area (Å²) in [5.74, 6) is 0.694. The van der Waals surface area contributed by atoms with Crippen molar-refractivity contribution in [3.8, 4) is 0 Å². The van der Waals surface area contributed by atoms with E-state index in [1.807, 2.05) is 55.1 Å². The number of thioether (sulfide) groups is 1. The van der Waals surface area contributed by atoms with Gasteiger partial charge in [-0.05, 0) is 69.0 Å². The zero-order chi connectivity index (χ0) is 20.8. The van der Waals surface area contributed by atoms with E-state index in [1.54, 1.807) is 11.8 Å². The molecule has 2 aromatic carbocycles. The van der Waals surface area contributed by atoms with Crippen LogP contribution in [0.1, 0.15) is 49.0 Å². The van der Waals surface area contributed by atoms with Crippen LogP contribution in [-0.4, -0.2) is 35.1 Å². The van der Waals surface area contributed by atoms with Crippen molar-refractivity contribution in [2.45, 2.75) is 51.0 Å². The lowest BCUT2D eigenvalue weighted by atomic mass is 10.0. The van der Waals surface area contributed by atoms with Gasteiger partial charge in [0.05, 0.1) is 0 Å². The smallest absolute Gasteiger partial charge is 0.254 e. The summed E-state index contributed by atoms with van der Waals surface area (Å²) >= 11 is 1.68. The summed E-state index contributed by atoms with van der Waals surface area (Å²) in [6.45, 7) is 6.83. The third-order valence-electron chi connectivity index (χ3n) is 5.49. The van der Waals surface area contributed by atoms with Crippen LogP contribution < -0.4 is 5.32 Å². The highest BCUT2D eigenvalue weighted by atomic mass is 32.2. The molecule has 0 bridgehead atoms. The van der Waals surface area contributed by atoms with Gasteiger partial charge < -0.3 is 10.2 Å². The maximum Gasteiger partial charge on any atom is 0.254 e. The number of rotatable bonds is 6. The second-order valence-electron chi connectivity index (χ2n) is 7.89. The number of aryl methyl sites for hydroxylation is 1. The van der Waals surface area contributed by atoms with Gasteiger partial charge in [0.15, 0.2) is 0 Å². The third-order valence-corrected chi connectivity index (χ3v) is 6.76. The molecular formula is C24H30N2O2S. The first kappa shape index (κ1) is 21.4. The molecule has 1 N–H and O–H groups in total. The van der Waals surface area contributed by atoms with Gasteiger partial charge in [0.25, 0.3) is 5.91 Å². The topological polar surface area (TPSA) is 49.4 Å². The molecule has 1 heterocycles. The van der Waals surface area contributed by atoms with Crippen LogP contribution in [0.3, 0.4) is 0 Å². The number of benzene rings is 2. The molecule has 154 valence electrons. The molecule has 0 spiro atoms. The number of nitrogens with one attached hydrogen (secondary N) is 1. The zero-order valence-corrected chi connectivity index (χ0v) is 18.3. The minimum Gasteiger partial charge on any atom is -0.336 e. The van der Waals surface area contributed by atoms with Crippen LogP contribution in [0.2, 0.25) is 0 Å². The molecule has 2 aromatic rings. The number of carbonyl (C=O) groups is 2. The van der Waals surface area contributed by atoms with Crippen LogP contribution >= 0.6 is 11.8 Å². The summed E-state index contributed by atoms with van der Waals surface area (Å²) in [5, 5.41) is 3.02. The van der Waals surface area contributed by atoms with Crippen molar-refractivity contribution >= 4 is 29.3 Å². The average molecular weight is 411 g/mol. The van der Waals surface area contributed by atoms with Gasteiger partial charge >= 0.3 is 0 Å². The number of hydrogen-bond donors (Lipinski definition) is 1. The second kappa shape index (κ2) is 9.97. The molecule has 2 atom stereocenters. The summed E-state index contributed by atoms with van der Waals surface area (Å²) < 4.78 is 0. The number of hydrogen-bond acceptors (Lipinski definition) is 3. The van der Waals surface area contributed by atoms with Crippen LogP contribution in [0.5, 0.6) is 0 Å². The fourth-order valence-electron chi connectivity index (χ4n) is 3.57. The van der Waals surface area contributed by atoms with E-state index in [1.165, 1.54) is 6.42 Å². The first-order valence-electron chi connectivity index (χ1n) is 10.4. The summed E-state index contributed by atoms with van der Waals surface area (Å²) in [5.41, 5.74) is 2.38. The summed E-state index contributed by atoms with van der Waals surface area (Å²) in [6.07, 6.45) is 3.33. The third kappa shape index (κ3) is 5.63. The second-order valence-corrected chi connectivity index (χ2v) is 8.98. The van der Waals surface area contributed by atoms with Gasteiger partial charge in [-0.3, -0.25) is 9.59 Å². The largest absolute Gasteiger partial charge is 0.336 e. The predicted octanol–water partition coefficient (Wildman–Crippen LogP) is 5.38. The first-order valence-corrected chi connectivity index (χ1v) is 11.3. The Morgan fingerprint density at radius 2 is 1.93 bits per heavy atom. The number of likely N-dealkylation sites (tertiary alicyclic amines) is 1. The Morgan fingerprint density at radius 1 is 1.17 bits per heavy atom. The standard InChI is InChI=1S/C24H30N2O2S/c1-17-15-20(24(28)26-14-8-7-9-19(26)3)12-13-22(17)25-23(27)18(2)16-29-21-10-5-4-6-11-21/h4-6,10-13,15,18-19H,7-9,14,16H2,1-3H3,(H,25,27). The van der Waals surface area contributed by atoms with E-state index in [2.05, 4.69) is 24.4 Å². The Morgan fingerprint density at radius 3 is 2.62 bits per heavy atom. The van der Waals surface area contributed by atoms with Gasteiger partial charge in [0, 0.05) is 40.4 Å². The van der Waals surface area contributed by atoms with Crippen molar-refractivity contribution in [1.82, 2.24) is 4.90 Å². The van der Waals surface area contributed by atoms with Crippen LogP contribution in [0.15, 0.2) is 53.4 Å². The van der Waals surface area contributed by atoms with Crippen molar-refractivity contribution in [1.29, 1.82) is 0 Å². The van der Waals surface area contributed by atoms with E-state index in [-0.39, 0.29) is 17.7 Å². The number of piperidine rings is 1. The average Bonchev–Trinajstić information content (AvgIpc) is 2.74. The molecule has 5 heteroatoms. The minimum absolute atomic E-state index is 0.000241. The number of nitrogens with zero attached hydrogens (tertiary/aromatic N) is 1. The summed E-state index contributed by atoms with van der Waals surface area (Å²) in [7, 11) is 0. The molecule has 1 saturated heterocycles. The quantitative estimate of drug-likeness (QED) is 0.651. The molecular weight excluding hydrogens is 380 g/mol. The molecule has 0 aromatic heterocycles. The highest BCUT2D eigenvalue weighted by Gasteiger charge is 2.24. The van der Waals surface area contributed by atoms with E-state index in [4.69, 9.17) is 0 Å². The first-order chi connectivity index (χ1) is 14.0. The lowest BCUT2D eigenvalue weighted by Crippen LogP contribution is -2.42. The Balaban J connectivity index is 1.59. The van der Waals surface area contributed by atoms with E-state index >= 15 is 0 Å². The molecule has 29 heavy (non-hydrogen) atoms. The Labute approximate surface area is 178 Å². The summed E-state index contributed by atoms with van der Waals surface area (Å²) in [6, 6.07) is 16.0. The van der Waals surface area contributed by atoms with Crippen molar-refractivity contribution in [2.75, 3.05) is 17.6 Å². The van der Waals surface area contributed by atoms with Gasteiger partial charge in [-0.25, -0.2) is 0 Å². The van der Waals surface area contributed by atoms with Gasteiger partial charge in [0.1, 0.15) is 0 Å². The van der Waals surface area contributed by atoms with E-state index in [0.717, 1.165) is 41.3 Å². The molecule has 0 radical (unpaired) electrons. The highest BCUT2D eigenvalue weighted by Crippen LogP contribution is 2.24. The van der Waals surface area contributed by atoms with Crippen molar-refractivity contribution in [3.63, 3.8) is 0 Å². The predicted molar refractivity (Wildman–Crippen MR) is 120 cm³/mol. The van der Waals surface area contributed by atoms with E-state index in [9.17, 15) is 9.59 Å². The van der Waals surface area contributed by atoms with Crippen molar-refractivity contribution in [2.24, 2.45) is 5.92 Å². The van der Waals surface area contributed by atoms with Crippen molar-refractivity contribution in [3.05, 3.63) is 59.7 Å². The highest BCUT2D eigenvalue weighted by molar-refractivity contribution is 7.99. The summed E-state index contributed by atoms with van der Waals surface area (Å²) in [4.78, 5) is 28.6. The van der Waals surface area contributed by atoms with Crippen molar-refractivity contribution < 1.29 is 9.59 Å². The maximum atomic E-state index is 12.9. The molecule has 4 nitrogen and oxygen atoms in total. The van der Waals surface area contributed by atoms with Crippen LogP contribution in [-0.2, 0) is 4.79 Å². The fourth-order valence-corrected chi connectivity index (χ4v) is 4.52. The van der Waals surface area contributed by atoms with Crippen LogP contribution in [0, 0.1) is 12.8 Å². The molecule has 0 aliphatic carbocycles. The Bertz CT molecular complexity index is 853. The Kier molecular flexibility index (Phi) is 7.37. The molecule has 2 unspecified atom stereocenters. The number of anilines is 1. The van der Waals surface area contributed by atoms with Gasteiger partial charge in [-0.1, -0.05) is 25.1 Å².